The van der Waals surface area contributed by atoms with Crippen molar-refractivity contribution >= 4 is 16.9 Å². The number of hydrogen-bond acceptors (Lipinski definition) is 3. The quantitative estimate of drug-likeness (QED) is 0.753. The monoisotopic (exact) mass is 218 g/mol. The number of carbonyl (C=O) groups excluding carboxylic acids is 1. The molecule has 1 aromatic carbocycles. The van der Waals surface area contributed by atoms with Crippen molar-refractivity contribution < 1.29 is 9.53 Å². The Balaban J connectivity index is 2.57. The Kier molecular flexibility index (Phi) is 2.66. The second kappa shape index (κ2) is 3.98. The molecule has 3 N–H and O–H groups in total. The number of aromatic nitrogens is 1. The lowest BCUT2D eigenvalue weighted by molar-refractivity contribution is -0.142. The molecule has 4 nitrogen and oxygen atoms in total. The van der Waals surface area contributed by atoms with Gasteiger partial charge in [0, 0.05) is 22.7 Å². The van der Waals surface area contributed by atoms with Crippen LogP contribution in [-0.4, -0.2) is 18.1 Å². The van der Waals surface area contributed by atoms with Crippen LogP contribution in [0.3, 0.4) is 0 Å². The van der Waals surface area contributed by atoms with Crippen LogP contribution in [-0.2, 0) is 9.53 Å². The maximum atomic E-state index is 11.4. The van der Waals surface area contributed by atoms with Crippen LogP contribution in [0.15, 0.2) is 24.4 Å². The molecule has 0 spiro atoms. The molecule has 0 aliphatic carbocycles. The van der Waals surface area contributed by atoms with Crippen LogP contribution >= 0.6 is 0 Å². The second-order valence-electron chi connectivity index (χ2n) is 3.74. The first kappa shape index (κ1) is 10.7. The van der Waals surface area contributed by atoms with Crippen molar-refractivity contribution in [1.82, 2.24) is 4.98 Å². The zero-order valence-corrected chi connectivity index (χ0v) is 9.28. The SMILES string of the molecule is COC(=O)C(N)c1c[nH]c2cccc(C)c12. The lowest BCUT2D eigenvalue weighted by Crippen LogP contribution is -2.22. The number of nitrogens with two attached hydrogens (primary N) is 1. The highest BCUT2D eigenvalue weighted by molar-refractivity contribution is 5.91. The van der Waals surface area contributed by atoms with E-state index in [1.165, 1.54) is 7.11 Å². The molecule has 0 aliphatic rings. The molecule has 0 fully saturated rings. The van der Waals surface area contributed by atoms with Gasteiger partial charge in [-0.2, -0.15) is 0 Å². The number of ether oxygens (including phenoxy) is 1. The molecule has 0 aliphatic heterocycles. The van der Waals surface area contributed by atoms with Gasteiger partial charge in [0.15, 0.2) is 0 Å². The number of H-pyrrole nitrogens is 1. The molecular formula is C12H14N2O2. The average molecular weight is 218 g/mol. The first-order chi connectivity index (χ1) is 7.65. The van der Waals surface area contributed by atoms with Crippen molar-refractivity contribution in [1.29, 1.82) is 0 Å². The van der Waals surface area contributed by atoms with Crippen molar-refractivity contribution in [2.24, 2.45) is 5.73 Å². The van der Waals surface area contributed by atoms with Gasteiger partial charge in [0.2, 0.25) is 0 Å². The minimum absolute atomic E-state index is 0.427. The van der Waals surface area contributed by atoms with Gasteiger partial charge in [0.05, 0.1) is 7.11 Å². The normalized spacial score (nSPS) is 12.7. The smallest absolute Gasteiger partial charge is 0.327 e. The lowest BCUT2D eigenvalue weighted by Gasteiger charge is -2.08. The van der Waals surface area contributed by atoms with E-state index in [1.807, 2.05) is 25.1 Å². The molecule has 0 amide bonds. The van der Waals surface area contributed by atoms with Crippen LogP contribution in [0.5, 0.6) is 0 Å². The third-order valence-corrected chi connectivity index (χ3v) is 2.73. The highest BCUT2D eigenvalue weighted by atomic mass is 16.5. The second-order valence-corrected chi connectivity index (χ2v) is 3.74. The Hall–Kier alpha value is -1.81. The van der Waals surface area contributed by atoms with Crippen molar-refractivity contribution in [2.75, 3.05) is 7.11 Å². The summed E-state index contributed by atoms with van der Waals surface area (Å²) in [5.41, 5.74) is 8.68. The number of carbonyl (C=O) groups is 1. The molecular weight excluding hydrogens is 204 g/mol. The van der Waals surface area contributed by atoms with E-state index in [0.717, 1.165) is 22.0 Å². The summed E-state index contributed by atoms with van der Waals surface area (Å²) in [4.78, 5) is 14.5. The van der Waals surface area contributed by atoms with E-state index >= 15 is 0 Å². The number of fused-ring (bicyclic) bond motifs is 1. The van der Waals surface area contributed by atoms with Gasteiger partial charge < -0.3 is 15.5 Å². The van der Waals surface area contributed by atoms with Crippen LogP contribution in [0, 0.1) is 6.92 Å². The molecule has 1 heterocycles. The van der Waals surface area contributed by atoms with Crippen molar-refractivity contribution in [3.05, 3.63) is 35.5 Å². The van der Waals surface area contributed by atoms with Gasteiger partial charge in [-0.15, -0.1) is 0 Å². The first-order valence-corrected chi connectivity index (χ1v) is 5.05. The van der Waals surface area contributed by atoms with E-state index in [1.54, 1.807) is 6.20 Å². The van der Waals surface area contributed by atoms with Crippen LogP contribution in [0.25, 0.3) is 10.9 Å². The van der Waals surface area contributed by atoms with E-state index in [2.05, 4.69) is 9.72 Å². The van der Waals surface area contributed by atoms with Gasteiger partial charge in [0.25, 0.3) is 0 Å². The molecule has 1 aromatic heterocycles. The fourth-order valence-electron chi connectivity index (χ4n) is 1.90. The average Bonchev–Trinajstić information content (AvgIpc) is 2.72. The number of esters is 1. The van der Waals surface area contributed by atoms with E-state index < -0.39 is 12.0 Å². The van der Waals surface area contributed by atoms with Crippen molar-refractivity contribution in [3.63, 3.8) is 0 Å². The predicted octanol–water partition coefficient (Wildman–Crippen LogP) is 1.65. The number of benzene rings is 1. The maximum absolute atomic E-state index is 11.4. The van der Waals surface area contributed by atoms with Crippen LogP contribution in [0.2, 0.25) is 0 Å². The molecule has 2 rings (SSSR count). The third-order valence-electron chi connectivity index (χ3n) is 2.73. The molecule has 0 bridgehead atoms. The van der Waals surface area contributed by atoms with E-state index in [0.29, 0.717) is 0 Å². The lowest BCUT2D eigenvalue weighted by atomic mass is 10.0. The first-order valence-electron chi connectivity index (χ1n) is 5.05. The topological polar surface area (TPSA) is 68.1 Å². The summed E-state index contributed by atoms with van der Waals surface area (Å²) in [7, 11) is 1.34. The summed E-state index contributed by atoms with van der Waals surface area (Å²) < 4.78 is 4.65. The summed E-state index contributed by atoms with van der Waals surface area (Å²) in [5.74, 6) is -0.427. The molecule has 84 valence electrons. The molecule has 0 radical (unpaired) electrons. The number of aromatic amines is 1. The maximum Gasteiger partial charge on any atom is 0.327 e. The number of methoxy groups -OCH3 is 1. The predicted molar refractivity (Wildman–Crippen MR) is 62.0 cm³/mol. The van der Waals surface area contributed by atoms with Gasteiger partial charge >= 0.3 is 5.97 Å². The van der Waals surface area contributed by atoms with Gasteiger partial charge in [-0.25, -0.2) is 0 Å². The van der Waals surface area contributed by atoms with Gasteiger partial charge in [-0.05, 0) is 18.6 Å². The fraction of sp³-hybridized carbons (Fsp3) is 0.250. The largest absolute Gasteiger partial charge is 0.468 e. The van der Waals surface area contributed by atoms with E-state index in [-0.39, 0.29) is 0 Å². The minimum Gasteiger partial charge on any atom is -0.468 e. The summed E-state index contributed by atoms with van der Waals surface area (Å²) in [5, 5.41) is 1.00. The van der Waals surface area contributed by atoms with Crippen LogP contribution in [0.4, 0.5) is 0 Å². The van der Waals surface area contributed by atoms with Gasteiger partial charge in [-0.3, -0.25) is 4.79 Å². The van der Waals surface area contributed by atoms with Crippen molar-refractivity contribution in [3.8, 4) is 0 Å². The number of nitrogens with one attached hydrogen (secondary N) is 1. The summed E-state index contributed by atoms with van der Waals surface area (Å²) >= 11 is 0. The molecule has 1 unspecified atom stereocenters. The van der Waals surface area contributed by atoms with Crippen molar-refractivity contribution in [2.45, 2.75) is 13.0 Å². The number of aryl methyl sites for hydroxylation is 1. The standard InChI is InChI=1S/C12H14N2O2/c1-7-4-3-5-9-10(7)8(6-14-9)11(13)12(15)16-2/h3-6,11,14H,13H2,1-2H3. The Morgan fingerprint density at radius 2 is 2.25 bits per heavy atom. The highest BCUT2D eigenvalue weighted by Gasteiger charge is 2.20. The third kappa shape index (κ3) is 1.57. The summed E-state index contributed by atoms with van der Waals surface area (Å²) in [6, 6.07) is 5.17. The van der Waals surface area contributed by atoms with E-state index in [9.17, 15) is 4.79 Å². The molecule has 0 saturated heterocycles. The molecule has 1 atom stereocenters. The van der Waals surface area contributed by atoms with Gasteiger partial charge in [-0.1, -0.05) is 12.1 Å². The highest BCUT2D eigenvalue weighted by Crippen LogP contribution is 2.26. The van der Waals surface area contributed by atoms with Crippen LogP contribution < -0.4 is 5.73 Å². The van der Waals surface area contributed by atoms with E-state index in [4.69, 9.17) is 5.73 Å². The Morgan fingerprint density at radius 1 is 1.50 bits per heavy atom. The number of hydrogen-bond donors (Lipinski definition) is 2. The molecule has 2 aromatic rings. The summed E-state index contributed by atoms with van der Waals surface area (Å²) in [6.45, 7) is 1.99. The minimum atomic E-state index is -0.736. The fourth-order valence-corrected chi connectivity index (χ4v) is 1.90. The van der Waals surface area contributed by atoms with Gasteiger partial charge in [0.1, 0.15) is 6.04 Å². The Bertz CT molecular complexity index is 531. The molecule has 16 heavy (non-hydrogen) atoms. The Labute approximate surface area is 93.4 Å². The Morgan fingerprint density at radius 3 is 2.94 bits per heavy atom. The molecule has 0 saturated carbocycles. The van der Waals surface area contributed by atoms with Crippen LogP contribution in [0.1, 0.15) is 17.2 Å². The zero-order valence-electron chi connectivity index (χ0n) is 9.28. The summed E-state index contributed by atoms with van der Waals surface area (Å²) in [6.07, 6.45) is 1.76. The zero-order chi connectivity index (χ0) is 11.7. The molecule has 4 heteroatoms. The number of rotatable bonds is 2.